The zero-order chi connectivity index (χ0) is 14.5. The molecule has 1 heterocycles. The minimum absolute atomic E-state index is 0.339. The van der Waals surface area contributed by atoms with Crippen LogP contribution >= 0.6 is 0 Å². The lowest BCUT2D eigenvalue weighted by Crippen LogP contribution is -2.51. The number of hydrogen-bond acceptors (Lipinski definition) is 2. The number of hydrogen-bond donors (Lipinski definition) is 1. The van der Waals surface area contributed by atoms with Crippen LogP contribution in [0.25, 0.3) is 0 Å². The van der Waals surface area contributed by atoms with Crippen LogP contribution in [0, 0.1) is 5.92 Å². The molecule has 1 saturated heterocycles. The molecule has 0 radical (unpaired) electrons. The molecule has 19 heavy (non-hydrogen) atoms. The predicted molar refractivity (Wildman–Crippen MR) is 85.6 cm³/mol. The number of rotatable bonds is 6. The minimum atomic E-state index is 0.339. The predicted octanol–water partition coefficient (Wildman–Crippen LogP) is 4.05. The van der Waals surface area contributed by atoms with Crippen molar-refractivity contribution in [2.45, 2.75) is 91.3 Å². The molecule has 0 spiro atoms. The molecule has 0 aliphatic carbocycles. The van der Waals surface area contributed by atoms with Crippen LogP contribution in [0.4, 0.5) is 0 Å². The van der Waals surface area contributed by atoms with Crippen molar-refractivity contribution in [1.82, 2.24) is 10.2 Å². The van der Waals surface area contributed by atoms with Gasteiger partial charge in [0.15, 0.2) is 0 Å². The Morgan fingerprint density at radius 3 is 2.11 bits per heavy atom. The van der Waals surface area contributed by atoms with E-state index in [-0.39, 0.29) is 0 Å². The van der Waals surface area contributed by atoms with Gasteiger partial charge in [-0.3, -0.25) is 4.90 Å². The maximum Gasteiger partial charge on any atom is 0.0125 e. The van der Waals surface area contributed by atoms with Crippen molar-refractivity contribution in [3.63, 3.8) is 0 Å². The van der Waals surface area contributed by atoms with Gasteiger partial charge >= 0.3 is 0 Å². The second kappa shape index (κ2) is 7.64. The molecule has 114 valence electrons. The van der Waals surface area contributed by atoms with E-state index >= 15 is 0 Å². The summed E-state index contributed by atoms with van der Waals surface area (Å²) in [7, 11) is 0. The van der Waals surface area contributed by atoms with E-state index in [1.54, 1.807) is 0 Å². The van der Waals surface area contributed by atoms with Gasteiger partial charge in [-0.1, -0.05) is 27.2 Å². The fraction of sp³-hybridized carbons (Fsp3) is 1.00. The second-order valence-corrected chi connectivity index (χ2v) is 7.45. The number of nitrogens with one attached hydrogen (secondary N) is 1. The first-order valence-electron chi connectivity index (χ1n) is 8.37. The summed E-state index contributed by atoms with van der Waals surface area (Å²) in [4.78, 5) is 2.63. The standard InChI is InChI=1S/C17H36N2/c1-7-14(3)13-15(8-2)18-16-9-11-19(12-10-16)17(4,5)6/h14-16,18H,7-13H2,1-6H3. The van der Waals surface area contributed by atoms with Gasteiger partial charge in [-0.2, -0.15) is 0 Å². The molecule has 1 rings (SSSR count). The third kappa shape index (κ3) is 5.83. The Kier molecular flexibility index (Phi) is 6.82. The first kappa shape index (κ1) is 17.0. The van der Waals surface area contributed by atoms with Crippen molar-refractivity contribution in [3.05, 3.63) is 0 Å². The zero-order valence-electron chi connectivity index (χ0n) is 14.1. The summed E-state index contributed by atoms with van der Waals surface area (Å²) < 4.78 is 0. The highest BCUT2D eigenvalue weighted by atomic mass is 15.2. The minimum Gasteiger partial charge on any atom is -0.311 e. The van der Waals surface area contributed by atoms with Crippen molar-refractivity contribution in [2.75, 3.05) is 13.1 Å². The Balaban J connectivity index is 2.35. The van der Waals surface area contributed by atoms with Crippen molar-refractivity contribution < 1.29 is 0 Å². The summed E-state index contributed by atoms with van der Waals surface area (Å²) in [5.41, 5.74) is 0.339. The highest BCUT2D eigenvalue weighted by Crippen LogP contribution is 2.21. The Morgan fingerprint density at radius 2 is 1.68 bits per heavy atom. The maximum atomic E-state index is 3.92. The SMILES string of the molecule is CCC(C)CC(CC)NC1CCN(C(C)(C)C)CC1. The van der Waals surface area contributed by atoms with E-state index in [2.05, 4.69) is 51.8 Å². The van der Waals surface area contributed by atoms with Crippen molar-refractivity contribution in [2.24, 2.45) is 5.92 Å². The van der Waals surface area contributed by atoms with Crippen LogP contribution in [0.2, 0.25) is 0 Å². The van der Waals surface area contributed by atoms with Gasteiger partial charge in [-0.15, -0.1) is 0 Å². The van der Waals surface area contributed by atoms with Gasteiger partial charge < -0.3 is 5.32 Å². The molecular weight excluding hydrogens is 232 g/mol. The molecule has 0 saturated carbocycles. The third-order valence-corrected chi connectivity index (χ3v) is 4.79. The maximum absolute atomic E-state index is 3.92. The summed E-state index contributed by atoms with van der Waals surface area (Å²) in [6, 6.07) is 1.47. The summed E-state index contributed by atoms with van der Waals surface area (Å²) in [5.74, 6) is 0.854. The van der Waals surface area contributed by atoms with Gasteiger partial charge in [0.1, 0.15) is 0 Å². The molecule has 0 aromatic heterocycles. The van der Waals surface area contributed by atoms with Crippen LogP contribution in [0.5, 0.6) is 0 Å². The van der Waals surface area contributed by atoms with E-state index in [0.29, 0.717) is 5.54 Å². The smallest absolute Gasteiger partial charge is 0.0125 e. The first-order valence-corrected chi connectivity index (χ1v) is 8.37. The van der Waals surface area contributed by atoms with Gasteiger partial charge in [0.25, 0.3) is 0 Å². The third-order valence-electron chi connectivity index (χ3n) is 4.79. The second-order valence-electron chi connectivity index (χ2n) is 7.45. The van der Waals surface area contributed by atoms with E-state index in [1.165, 1.54) is 45.2 Å². The Hall–Kier alpha value is -0.0800. The summed E-state index contributed by atoms with van der Waals surface area (Å²) in [6.45, 7) is 16.5. The van der Waals surface area contributed by atoms with Gasteiger partial charge in [0, 0.05) is 30.7 Å². The van der Waals surface area contributed by atoms with Crippen LogP contribution in [0.3, 0.4) is 0 Å². The number of piperidine rings is 1. The molecule has 2 unspecified atom stereocenters. The van der Waals surface area contributed by atoms with E-state index in [9.17, 15) is 0 Å². The highest BCUT2D eigenvalue weighted by molar-refractivity contribution is 4.86. The summed E-state index contributed by atoms with van der Waals surface area (Å²) in [6.07, 6.45) is 6.54. The fourth-order valence-electron chi connectivity index (χ4n) is 3.06. The zero-order valence-corrected chi connectivity index (χ0v) is 14.1. The van der Waals surface area contributed by atoms with Crippen molar-refractivity contribution >= 4 is 0 Å². The molecule has 2 atom stereocenters. The average molecular weight is 268 g/mol. The van der Waals surface area contributed by atoms with Crippen LogP contribution < -0.4 is 5.32 Å². The van der Waals surface area contributed by atoms with Gasteiger partial charge in [-0.05, 0) is 52.4 Å². The largest absolute Gasteiger partial charge is 0.311 e. The van der Waals surface area contributed by atoms with Crippen LogP contribution in [0.1, 0.15) is 73.6 Å². The Morgan fingerprint density at radius 1 is 1.11 bits per heavy atom. The Labute approximate surface area is 121 Å². The van der Waals surface area contributed by atoms with Crippen LogP contribution in [-0.4, -0.2) is 35.6 Å². The molecule has 0 bridgehead atoms. The molecule has 1 aliphatic heterocycles. The molecule has 0 aromatic carbocycles. The first-order chi connectivity index (χ1) is 8.86. The topological polar surface area (TPSA) is 15.3 Å². The number of likely N-dealkylation sites (tertiary alicyclic amines) is 1. The van der Waals surface area contributed by atoms with Crippen LogP contribution in [0.15, 0.2) is 0 Å². The molecule has 2 heteroatoms. The van der Waals surface area contributed by atoms with E-state index in [0.717, 1.165) is 18.0 Å². The quantitative estimate of drug-likeness (QED) is 0.781. The molecule has 1 aliphatic rings. The lowest BCUT2D eigenvalue weighted by atomic mass is 9.94. The van der Waals surface area contributed by atoms with E-state index in [4.69, 9.17) is 0 Å². The molecule has 1 N–H and O–H groups in total. The highest BCUT2D eigenvalue weighted by Gasteiger charge is 2.27. The van der Waals surface area contributed by atoms with Gasteiger partial charge in [0.2, 0.25) is 0 Å². The average Bonchev–Trinajstić information content (AvgIpc) is 2.37. The molecule has 0 amide bonds. The summed E-state index contributed by atoms with van der Waals surface area (Å²) >= 11 is 0. The van der Waals surface area contributed by atoms with E-state index < -0.39 is 0 Å². The summed E-state index contributed by atoms with van der Waals surface area (Å²) in [5, 5.41) is 3.92. The monoisotopic (exact) mass is 268 g/mol. The van der Waals surface area contributed by atoms with Gasteiger partial charge in [0.05, 0.1) is 0 Å². The van der Waals surface area contributed by atoms with Gasteiger partial charge in [-0.25, -0.2) is 0 Å². The van der Waals surface area contributed by atoms with Crippen molar-refractivity contribution in [3.8, 4) is 0 Å². The Bertz CT molecular complexity index is 236. The van der Waals surface area contributed by atoms with Crippen molar-refractivity contribution in [1.29, 1.82) is 0 Å². The molecule has 1 fully saturated rings. The molecule has 2 nitrogen and oxygen atoms in total. The lowest BCUT2D eigenvalue weighted by Gasteiger charge is -2.42. The number of nitrogens with zero attached hydrogens (tertiary/aromatic N) is 1. The van der Waals surface area contributed by atoms with E-state index in [1.807, 2.05) is 0 Å². The lowest BCUT2D eigenvalue weighted by molar-refractivity contribution is 0.0926. The normalized spacial score (nSPS) is 22.4. The molecular formula is C17H36N2. The van der Waals surface area contributed by atoms with Crippen LogP contribution in [-0.2, 0) is 0 Å². The molecule has 0 aromatic rings. The fourth-order valence-corrected chi connectivity index (χ4v) is 3.06.